The van der Waals surface area contributed by atoms with E-state index in [9.17, 15) is 22.8 Å². The number of carbonyl (C=O) groups excluding carboxylic acids is 2. The van der Waals surface area contributed by atoms with E-state index in [0.717, 1.165) is 25.7 Å². The Labute approximate surface area is 192 Å². The number of benzene rings is 2. The van der Waals surface area contributed by atoms with Crippen molar-refractivity contribution in [3.05, 3.63) is 65.7 Å². The van der Waals surface area contributed by atoms with Crippen molar-refractivity contribution in [3.63, 3.8) is 0 Å². The Balaban J connectivity index is 1.48. The van der Waals surface area contributed by atoms with Gasteiger partial charge in [-0.25, -0.2) is 0 Å². The molecule has 0 unspecified atom stereocenters. The van der Waals surface area contributed by atoms with Gasteiger partial charge in [0.25, 0.3) is 0 Å². The molecule has 0 saturated carbocycles. The summed E-state index contributed by atoms with van der Waals surface area (Å²) in [5.74, 6) is -0.672. The number of anilines is 1. The first kappa shape index (κ1) is 24.7. The van der Waals surface area contributed by atoms with E-state index in [1.165, 1.54) is 23.8 Å². The summed E-state index contributed by atoms with van der Waals surface area (Å²) in [6.45, 7) is 5.69. The number of nitrogens with one attached hydrogen (secondary N) is 1. The molecule has 33 heavy (non-hydrogen) atoms. The Bertz CT molecular complexity index is 929. The zero-order chi connectivity index (χ0) is 23.8. The van der Waals surface area contributed by atoms with Crippen LogP contribution in [0.5, 0.6) is 0 Å². The van der Waals surface area contributed by atoms with Crippen molar-refractivity contribution in [1.29, 1.82) is 0 Å². The van der Waals surface area contributed by atoms with E-state index in [1.807, 2.05) is 25.1 Å². The van der Waals surface area contributed by atoms with Crippen LogP contribution in [-0.4, -0.2) is 72.3 Å². The average Bonchev–Trinajstić information content (AvgIpc) is 2.79. The molecule has 0 atom stereocenters. The summed E-state index contributed by atoms with van der Waals surface area (Å²) < 4.78 is 39.4. The van der Waals surface area contributed by atoms with Crippen LogP contribution in [0.4, 0.5) is 18.9 Å². The van der Waals surface area contributed by atoms with Crippen molar-refractivity contribution in [2.75, 3.05) is 51.1 Å². The molecule has 9 heteroatoms. The van der Waals surface area contributed by atoms with Crippen molar-refractivity contribution >= 4 is 17.5 Å². The van der Waals surface area contributed by atoms with Crippen LogP contribution < -0.4 is 5.32 Å². The Morgan fingerprint density at radius 3 is 2.21 bits per heavy atom. The van der Waals surface area contributed by atoms with E-state index >= 15 is 0 Å². The van der Waals surface area contributed by atoms with Crippen LogP contribution in [0, 0.1) is 0 Å². The van der Waals surface area contributed by atoms with Crippen LogP contribution in [0.25, 0.3) is 0 Å². The van der Waals surface area contributed by atoms with Crippen molar-refractivity contribution in [2.45, 2.75) is 19.6 Å². The van der Waals surface area contributed by atoms with Gasteiger partial charge in [-0.3, -0.25) is 19.4 Å². The summed E-state index contributed by atoms with van der Waals surface area (Å²) in [5.41, 5.74) is 0.0466. The molecule has 6 nitrogen and oxygen atoms in total. The molecular weight excluding hydrogens is 433 g/mol. The molecule has 0 radical (unpaired) electrons. The van der Waals surface area contributed by atoms with Gasteiger partial charge in [0.2, 0.25) is 11.8 Å². The van der Waals surface area contributed by atoms with E-state index < -0.39 is 17.6 Å². The third-order valence-corrected chi connectivity index (χ3v) is 5.65. The lowest BCUT2D eigenvalue weighted by Gasteiger charge is -2.35. The summed E-state index contributed by atoms with van der Waals surface area (Å²) in [6, 6.07) is 15.0. The SMILES string of the molecule is CCN(CC(=O)Nc1ccccc1C(F)(F)F)CC(=O)N1CCN(Cc2ccccc2)CC1. The fourth-order valence-electron chi connectivity index (χ4n) is 3.80. The molecule has 0 aliphatic carbocycles. The van der Waals surface area contributed by atoms with Crippen LogP contribution in [0.3, 0.4) is 0 Å². The molecule has 0 bridgehead atoms. The summed E-state index contributed by atoms with van der Waals surface area (Å²) in [4.78, 5) is 30.8. The molecule has 1 fully saturated rings. The van der Waals surface area contributed by atoms with E-state index in [2.05, 4.69) is 22.3 Å². The van der Waals surface area contributed by atoms with Crippen LogP contribution in [0.2, 0.25) is 0 Å². The maximum atomic E-state index is 13.1. The zero-order valence-corrected chi connectivity index (χ0v) is 18.6. The maximum Gasteiger partial charge on any atom is 0.418 e. The van der Waals surface area contributed by atoms with Gasteiger partial charge in [0.1, 0.15) is 0 Å². The summed E-state index contributed by atoms with van der Waals surface area (Å²) in [6.07, 6.45) is -4.56. The minimum absolute atomic E-state index is 0.0452. The quantitative estimate of drug-likeness (QED) is 0.654. The maximum absolute atomic E-state index is 13.1. The Kier molecular flexibility index (Phi) is 8.46. The number of alkyl halides is 3. The number of para-hydroxylation sites is 1. The lowest BCUT2D eigenvalue weighted by molar-refractivity contribution is -0.137. The smallest absolute Gasteiger partial charge is 0.339 e. The van der Waals surface area contributed by atoms with E-state index in [-0.39, 0.29) is 24.7 Å². The molecule has 1 heterocycles. The summed E-state index contributed by atoms with van der Waals surface area (Å²) >= 11 is 0. The van der Waals surface area contributed by atoms with Crippen LogP contribution in [0.15, 0.2) is 54.6 Å². The number of rotatable bonds is 8. The third-order valence-electron chi connectivity index (χ3n) is 5.65. The van der Waals surface area contributed by atoms with Gasteiger partial charge in [-0.1, -0.05) is 49.4 Å². The fourth-order valence-corrected chi connectivity index (χ4v) is 3.80. The van der Waals surface area contributed by atoms with Crippen molar-refractivity contribution in [1.82, 2.24) is 14.7 Å². The number of hydrogen-bond donors (Lipinski definition) is 1. The lowest BCUT2D eigenvalue weighted by Crippen LogP contribution is -2.51. The summed E-state index contributed by atoms with van der Waals surface area (Å²) in [5, 5.41) is 2.33. The molecule has 1 aliphatic heterocycles. The standard InChI is InChI=1S/C24H29F3N4O2/c1-2-29(17-22(32)28-21-11-7-6-10-20(21)24(25,26)27)18-23(33)31-14-12-30(13-15-31)16-19-8-4-3-5-9-19/h3-11H,2,12-18H2,1H3,(H,28,32). The Morgan fingerprint density at radius 1 is 0.939 bits per heavy atom. The monoisotopic (exact) mass is 462 g/mol. The number of halogens is 3. The Hall–Kier alpha value is -2.91. The second-order valence-electron chi connectivity index (χ2n) is 8.04. The highest BCUT2D eigenvalue weighted by atomic mass is 19.4. The van der Waals surface area contributed by atoms with Gasteiger partial charge >= 0.3 is 6.18 Å². The highest BCUT2D eigenvalue weighted by Crippen LogP contribution is 2.34. The normalized spacial score (nSPS) is 15.0. The highest BCUT2D eigenvalue weighted by Gasteiger charge is 2.33. The summed E-state index contributed by atoms with van der Waals surface area (Å²) in [7, 11) is 0. The lowest BCUT2D eigenvalue weighted by atomic mass is 10.1. The largest absolute Gasteiger partial charge is 0.418 e. The van der Waals surface area contributed by atoms with Gasteiger partial charge in [0.05, 0.1) is 24.3 Å². The van der Waals surface area contributed by atoms with Gasteiger partial charge in [-0.15, -0.1) is 0 Å². The minimum atomic E-state index is -4.56. The molecule has 2 aromatic carbocycles. The molecule has 1 N–H and O–H groups in total. The van der Waals surface area contributed by atoms with Gasteiger partial charge < -0.3 is 10.2 Å². The zero-order valence-electron chi connectivity index (χ0n) is 18.6. The number of likely N-dealkylation sites (N-methyl/N-ethyl adjacent to an activating group) is 1. The van der Waals surface area contributed by atoms with E-state index in [0.29, 0.717) is 19.6 Å². The van der Waals surface area contributed by atoms with Gasteiger partial charge in [-0.2, -0.15) is 13.2 Å². The molecule has 0 spiro atoms. The first-order valence-electron chi connectivity index (χ1n) is 11.0. The fraction of sp³-hybridized carbons (Fsp3) is 0.417. The number of amides is 2. The van der Waals surface area contributed by atoms with Crippen molar-refractivity contribution in [3.8, 4) is 0 Å². The molecule has 1 saturated heterocycles. The second-order valence-corrected chi connectivity index (χ2v) is 8.04. The van der Waals surface area contributed by atoms with Gasteiger partial charge in [-0.05, 0) is 24.2 Å². The number of hydrogen-bond acceptors (Lipinski definition) is 4. The molecule has 2 amide bonds. The second kappa shape index (κ2) is 11.3. The predicted molar refractivity (Wildman–Crippen MR) is 120 cm³/mol. The highest BCUT2D eigenvalue weighted by molar-refractivity contribution is 5.93. The average molecular weight is 463 g/mol. The van der Waals surface area contributed by atoms with Crippen molar-refractivity contribution in [2.24, 2.45) is 0 Å². The van der Waals surface area contributed by atoms with E-state index in [4.69, 9.17) is 0 Å². The predicted octanol–water partition coefficient (Wildman–Crippen LogP) is 3.31. The van der Waals surface area contributed by atoms with Gasteiger partial charge in [0, 0.05) is 32.7 Å². The molecular formula is C24H29F3N4O2. The number of piperazine rings is 1. The molecule has 3 rings (SSSR count). The number of carbonyl (C=O) groups is 2. The first-order chi connectivity index (χ1) is 15.8. The third kappa shape index (κ3) is 7.30. The Morgan fingerprint density at radius 2 is 1.58 bits per heavy atom. The van der Waals surface area contributed by atoms with E-state index in [1.54, 1.807) is 9.80 Å². The van der Waals surface area contributed by atoms with Gasteiger partial charge in [0.15, 0.2) is 0 Å². The van der Waals surface area contributed by atoms with Crippen LogP contribution in [-0.2, 0) is 22.3 Å². The van der Waals surface area contributed by atoms with Crippen LogP contribution in [0.1, 0.15) is 18.1 Å². The molecule has 1 aliphatic rings. The topological polar surface area (TPSA) is 55.9 Å². The number of nitrogens with zero attached hydrogens (tertiary/aromatic N) is 3. The molecule has 178 valence electrons. The minimum Gasteiger partial charge on any atom is -0.339 e. The van der Waals surface area contributed by atoms with Crippen LogP contribution >= 0.6 is 0 Å². The first-order valence-corrected chi connectivity index (χ1v) is 11.0. The van der Waals surface area contributed by atoms with Crippen molar-refractivity contribution < 1.29 is 22.8 Å². The molecule has 2 aromatic rings. The molecule has 0 aromatic heterocycles.